The van der Waals surface area contributed by atoms with E-state index < -0.39 is 0 Å². The molecule has 14 heavy (non-hydrogen) atoms. The second-order valence-corrected chi connectivity index (χ2v) is 4.49. The Morgan fingerprint density at radius 2 is 1.93 bits per heavy atom. The SMILES string of the molecule is Cc1ccc(C2CNCCC2C)cc1. The van der Waals surface area contributed by atoms with E-state index in [1.54, 1.807) is 0 Å². The fraction of sp³-hybridized carbons (Fsp3) is 0.538. The first-order chi connectivity index (χ1) is 6.77. The molecule has 0 aliphatic carbocycles. The maximum atomic E-state index is 3.48. The first kappa shape index (κ1) is 9.72. The Morgan fingerprint density at radius 3 is 2.57 bits per heavy atom. The molecule has 2 atom stereocenters. The van der Waals surface area contributed by atoms with E-state index in [2.05, 4.69) is 43.4 Å². The monoisotopic (exact) mass is 189 g/mol. The Bertz CT molecular complexity index is 289. The first-order valence-electron chi connectivity index (χ1n) is 5.54. The number of aryl methyl sites for hydroxylation is 1. The molecular formula is C13H19N. The van der Waals surface area contributed by atoms with Crippen molar-refractivity contribution < 1.29 is 0 Å². The van der Waals surface area contributed by atoms with E-state index in [9.17, 15) is 0 Å². The quantitative estimate of drug-likeness (QED) is 0.716. The maximum absolute atomic E-state index is 3.48. The van der Waals surface area contributed by atoms with Crippen molar-refractivity contribution >= 4 is 0 Å². The average Bonchev–Trinajstić information content (AvgIpc) is 2.20. The molecule has 1 heteroatoms. The van der Waals surface area contributed by atoms with Gasteiger partial charge in [0.2, 0.25) is 0 Å². The fourth-order valence-electron chi connectivity index (χ4n) is 2.25. The van der Waals surface area contributed by atoms with Crippen molar-refractivity contribution in [2.75, 3.05) is 13.1 Å². The van der Waals surface area contributed by atoms with E-state index in [-0.39, 0.29) is 0 Å². The van der Waals surface area contributed by atoms with Gasteiger partial charge in [-0.15, -0.1) is 0 Å². The van der Waals surface area contributed by atoms with E-state index in [1.165, 1.54) is 24.1 Å². The van der Waals surface area contributed by atoms with Gasteiger partial charge in [-0.05, 0) is 37.3 Å². The minimum atomic E-state index is 0.712. The predicted octanol–water partition coefficient (Wildman–Crippen LogP) is 2.71. The van der Waals surface area contributed by atoms with Gasteiger partial charge in [0.15, 0.2) is 0 Å². The van der Waals surface area contributed by atoms with Gasteiger partial charge >= 0.3 is 0 Å². The van der Waals surface area contributed by atoms with Crippen molar-refractivity contribution in [1.29, 1.82) is 0 Å². The zero-order valence-corrected chi connectivity index (χ0v) is 9.09. The molecule has 1 saturated heterocycles. The van der Waals surface area contributed by atoms with Gasteiger partial charge < -0.3 is 5.32 Å². The molecule has 0 aromatic heterocycles. The summed E-state index contributed by atoms with van der Waals surface area (Å²) in [5.41, 5.74) is 2.85. The summed E-state index contributed by atoms with van der Waals surface area (Å²) >= 11 is 0. The molecule has 0 bridgehead atoms. The van der Waals surface area contributed by atoms with E-state index in [0.29, 0.717) is 5.92 Å². The molecule has 0 radical (unpaired) electrons. The Labute approximate surface area is 86.5 Å². The minimum Gasteiger partial charge on any atom is -0.316 e. The van der Waals surface area contributed by atoms with Gasteiger partial charge in [-0.2, -0.15) is 0 Å². The summed E-state index contributed by atoms with van der Waals surface area (Å²) in [6.07, 6.45) is 1.30. The maximum Gasteiger partial charge on any atom is 0.00227 e. The van der Waals surface area contributed by atoms with Gasteiger partial charge in [0.1, 0.15) is 0 Å². The van der Waals surface area contributed by atoms with Crippen LogP contribution in [0.5, 0.6) is 0 Å². The highest BCUT2D eigenvalue weighted by Gasteiger charge is 2.21. The highest BCUT2D eigenvalue weighted by atomic mass is 14.9. The van der Waals surface area contributed by atoms with Crippen molar-refractivity contribution in [1.82, 2.24) is 5.32 Å². The zero-order valence-electron chi connectivity index (χ0n) is 9.09. The molecule has 1 aliphatic heterocycles. The van der Waals surface area contributed by atoms with Crippen molar-refractivity contribution in [2.45, 2.75) is 26.2 Å². The molecule has 1 fully saturated rings. The Balaban J connectivity index is 2.16. The molecule has 2 rings (SSSR count). The van der Waals surface area contributed by atoms with Crippen molar-refractivity contribution in [3.63, 3.8) is 0 Å². The number of hydrogen-bond donors (Lipinski definition) is 1. The van der Waals surface area contributed by atoms with E-state index >= 15 is 0 Å². The van der Waals surface area contributed by atoms with Crippen LogP contribution in [0.4, 0.5) is 0 Å². The smallest absolute Gasteiger partial charge is 0.00227 e. The van der Waals surface area contributed by atoms with Crippen molar-refractivity contribution in [3.05, 3.63) is 35.4 Å². The third-order valence-corrected chi connectivity index (χ3v) is 3.33. The lowest BCUT2D eigenvalue weighted by Gasteiger charge is -2.29. The summed E-state index contributed by atoms with van der Waals surface area (Å²) in [5.74, 6) is 1.53. The second kappa shape index (κ2) is 4.14. The lowest BCUT2D eigenvalue weighted by atomic mass is 9.83. The Hall–Kier alpha value is -0.820. The molecule has 2 unspecified atom stereocenters. The van der Waals surface area contributed by atoms with Crippen molar-refractivity contribution in [2.24, 2.45) is 5.92 Å². The van der Waals surface area contributed by atoms with Gasteiger partial charge in [-0.3, -0.25) is 0 Å². The molecule has 1 aromatic carbocycles. The van der Waals surface area contributed by atoms with Crippen LogP contribution in [0, 0.1) is 12.8 Å². The molecule has 0 amide bonds. The number of nitrogens with one attached hydrogen (secondary N) is 1. The fourth-order valence-corrected chi connectivity index (χ4v) is 2.25. The van der Waals surface area contributed by atoms with Gasteiger partial charge in [0, 0.05) is 6.54 Å². The first-order valence-corrected chi connectivity index (χ1v) is 5.54. The molecule has 1 N–H and O–H groups in total. The number of benzene rings is 1. The lowest BCUT2D eigenvalue weighted by Crippen LogP contribution is -2.33. The molecule has 1 aromatic rings. The van der Waals surface area contributed by atoms with E-state index in [4.69, 9.17) is 0 Å². The van der Waals surface area contributed by atoms with Crippen LogP contribution in [-0.2, 0) is 0 Å². The van der Waals surface area contributed by atoms with Gasteiger partial charge in [0.05, 0.1) is 0 Å². The molecule has 76 valence electrons. The van der Waals surface area contributed by atoms with Crippen LogP contribution in [0.2, 0.25) is 0 Å². The third kappa shape index (κ3) is 1.98. The Kier molecular flexibility index (Phi) is 2.87. The van der Waals surface area contributed by atoms with Gasteiger partial charge in [-0.1, -0.05) is 36.8 Å². The molecule has 0 saturated carbocycles. The standard InChI is InChI=1S/C13H19N/c1-10-3-5-12(6-4-10)13-9-14-8-7-11(13)2/h3-6,11,13-14H,7-9H2,1-2H3. The highest BCUT2D eigenvalue weighted by Crippen LogP contribution is 2.28. The van der Waals surface area contributed by atoms with Crippen LogP contribution in [0.1, 0.15) is 30.4 Å². The molecule has 0 spiro atoms. The summed E-state index contributed by atoms with van der Waals surface area (Å²) in [5, 5.41) is 3.48. The van der Waals surface area contributed by atoms with Crippen LogP contribution < -0.4 is 5.32 Å². The van der Waals surface area contributed by atoms with E-state index in [0.717, 1.165) is 12.5 Å². The topological polar surface area (TPSA) is 12.0 Å². The van der Waals surface area contributed by atoms with Gasteiger partial charge in [-0.25, -0.2) is 0 Å². The highest BCUT2D eigenvalue weighted by molar-refractivity contribution is 5.25. The normalized spacial score (nSPS) is 27.6. The van der Waals surface area contributed by atoms with Crippen LogP contribution in [0.15, 0.2) is 24.3 Å². The van der Waals surface area contributed by atoms with E-state index in [1.807, 2.05) is 0 Å². The van der Waals surface area contributed by atoms with Crippen LogP contribution in [0.25, 0.3) is 0 Å². The number of rotatable bonds is 1. The minimum absolute atomic E-state index is 0.712. The Morgan fingerprint density at radius 1 is 1.21 bits per heavy atom. The van der Waals surface area contributed by atoms with Crippen LogP contribution >= 0.6 is 0 Å². The van der Waals surface area contributed by atoms with Crippen LogP contribution in [0.3, 0.4) is 0 Å². The lowest BCUT2D eigenvalue weighted by molar-refractivity contribution is 0.348. The van der Waals surface area contributed by atoms with Gasteiger partial charge in [0.25, 0.3) is 0 Å². The number of hydrogen-bond acceptors (Lipinski definition) is 1. The molecule has 1 heterocycles. The summed E-state index contributed by atoms with van der Waals surface area (Å²) in [4.78, 5) is 0. The zero-order chi connectivity index (χ0) is 9.97. The van der Waals surface area contributed by atoms with Crippen molar-refractivity contribution in [3.8, 4) is 0 Å². The number of piperidine rings is 1. The second-order valence-electron chi connectivity index (χ2n) is 4.49. The molecule has 1 nitrogen and oxygen atoms in total. The summed E-state index contributed by atoms with van der Waals surface area (Å²) in [6.45, 7) is 6.84. The molecule has 1 aliphatic rings. The summed E-state index contributed by atoms with van der Waals surface area (Å²) < 4.78 is 0. The molecular weight excluding hydrogens is 170 g/mol. The van der Waals surface area contributed by atoms with Crippen LogP contribution in [-0.4, -0.2) is 13.1 Å². The predicted molar refractivity (Wildman–Crippen MR) is 60.6 cm³/mol. The summed E-state index contributed by atoms with van der Waals surface area (Å²) in [7, 11) is 0. The third-order valence-electron chi connectivity index (χ3n) is 3.33. The average molecular weight is 189 g/mol. The largest absolute Gasteiger partial charge is 0.316 e. The summed E-state index contributed by atoms with van der Waals surface area (Å²) in [6, 6.07) is 9.00.